The summed E-state index contributed by atoms with van der Waals surface area (Å²) in [7, 11) is 0. The largest absolute Gasteiger partial charge is 0.311 e. The van der Waals surface area contributed by atoms with Crippen molar-refractivity contribution in [3.63, 3.8) is 0 Å². The fourth-order valence-corrected chi connectivity index (χ4v) is 2.92. The zero-order valence-electron chi connectivity index (χ0n) is 11.8. The van der Waals surface area contributed by atoms with Crippen LogP contribution in [-0.4, -0.2) is 13.1 Å². The Bertz CT molecular complexity index is 536. The van der Waals surface area contributed by atoms with Crippen LogP contribution in [0.3, 0.4) is 0 Å². The lowest BCUT2D eigenvalue weighted by Gasteiger charge is -2.25. The molecule has 0 amide bonds. The SMILES string of the molecule is c1ccc(CCC2NCCNCc3ccccc32)cc1. The molecule has 1 heterocycles. The third-order valence-electron chi connectivity index (χ3n) is 4.00. The van der Waals surface area contributed by atoms with Crippen molar-refractivity contribution in [3.05, 3.63) is 71.3 Å². The summed E-state index contributed by atoms with van der Waals surface area (Å²) in [6, 6.07) is 20.0. The minimum atomic E-state index is 0.466. The van der Waals surface area contributed by atoms with Crippen molar-refractivity contribution in [2.45, 2.75) is 25.4 Å². The van der Waals surface area contributed by atoms with Gasteiger partial charge in [-0.25, -0.2) is 0 Å². The molecule has 2 aromatic carbocycles. The van der Waals surface area contributed by atoms with Gasteiger partial charge in [-0.3, -0.25) is 0 Å². The van der Waals surface area contributed by atoms with Crippen LogP contribution in [0.1, 0.15) is 29.2 Å². The zero-order chi connectivity index (χ0) is 13.6. The van der Waals surface area contributed by atoms with Crippen molar-refractivity contribution in [2.75, 3.05) is 13.1 Å². The number of nitrogens with one attached hydrogen (secondary N) is 2. The maximum Gasteiger partial charge on any atom is 0.0327 e. The number of hydrogen-bond donors (Lipinski definition) is 2. The summed E-state index contributed by atoms with van der Waals surface area (Å²) >= 11 is 0. The first-order chi connectivity index (χ1) is 9.93. The molecule has 3 rings (SSSR count). The Labute approximate surface area is 121 Å². The highest BCUT2D eigenvalue weighted by molar-refractivity contribution is 5.31. The molecule has 0 aromatic heterocycles. The Morgan fingerprint density at radius 3 is 2.60 bits per heavy atom. The zero-order valence-corrected chi connectivity index (χ0v) is 11.8. The fraction of sp³-hybridized carbons (Fsp3) is 0.333. The summed E-state index contributed by atoms with van der Waals surface area (Å²) in [4.78, 5) is 0. The van der Waals surface area contributed by atoms with E-state index in [0.29, 0.717) is 6.04 Å². The molecule has 1 atom stereocenters. The monoisotopic (exact) mass is 266 g/mol. The molecule has 0 spiro atoms. The summed E-state index contributed by atoms with van der Waals surface area (Å²) in [6.45, 7) is 3.06. The average Bonchev–Trinajstić information content (AvgIpc) is 2.49. The van der Waals surface area contributed by atoms with Crippen molar-refractivity contribution in [2.24, 2.45) is 0 Å². The molecule has 2 N–H and O–H groups in total. The van der Waals surface area contributed by atoms with E-state index in [4.69, 9.17) is 0 Å². The van der Waals surface area contributed by atoms with E-state index in [9.17, 15) is 0 Å². The van der Waals surface area contributed by atoms with E-state index >= 15 is 0 Å². The average molecular weight is 266 g/mol. The van der Waals surface area contributed by atoms with Crippen molar-refractivity contribution in [1.82, 2.24) is 10.6 Å². The molecule has 0 bridgehead atoms. The number of aryl methyl sites for hydroxylation is 1. The summed E-state index contributed by atoms with van der Waals surface area (Å²) < 4.78 is 0. The molecule has 0 saturated heterocycles. The second-order valence-corrected chi connectivity index (χ2v) is 5.41. The summed E-state index contributed by atoms with van der Waals surface area (Å²) in [5.41, 5.74) is 4.31. The third-order valence-corrected chi connectivity index (χ3v) is 4.00. The van der Waals surface area contributed by atoms with Crippen LogP contribution in [0, 0.1) is 0 Å². The van der Waals surface area contributed by atoms with Crippen LogP contribution < -0.4 is 10.6 Å². The number of hydrogen-bond acceptors (Lipinski definition) is 2. The van der Waals surface area contributed by atoms with Crippen LogP contribution in [0.15, 0.2) is 54.6 Å². The van der Waals surface area contributed by atoms with Gasteiger partial charge in [0.05, 0.1) is 0 Å². The maximum absolute atomic E-state index is 3.69. The van der Waals surface area contributed by atoms with E-state index in [1.165, 1.54) is 16.7 Å². The topological polar surface area (TPSA) is 24.1 Å². The summed E-state index contributed by atoms with van der Waals surface area (Å²) in [5, 5.41) is 7.16. The molecule has 104 valence electrons. The van der Waals surface area contributed by atoms with E-state index in [2.05, 4.69) is 65.2 Å². The van der Waals surface area contributed by atoms with Gasteiger partial charge in [0, 0.05) is 25.7 Å². The molecular formula is C18H22N2. The van der Waals surface area contributed by atoms with Gasteiger partial charge < -0.3 is 10.6 Å². The van der Waals surface area contributed by atoms with Crippen molar-refractivity contribution < 1.29 is 0 Å². The lowest BCUT2D eigenvalue weighted by atomic mass is 9.94. The summed E-state index contributed by atoms with van der Waals surface area (Å²) in [6.07, 6.45) is 2.28. The lowest BCUT2D eigenvalue weighted by Crippen LogP contribution is -2.34. The Hall–Kier alpha value is -1.64. The predicted octanol–water partition coefficient (Wildman–Crippen LogP) is 3.05. The van der Waals surface area contributed by atoms with Crippen LogP contribution in [0.25, 0.3) is 0 Å². The Kier molecular flexibility index (Phi) is 4.46. The molecular weight excluding hydrogens is 244 g/mol. The number of fused-ring (bicyclic) bond motifs is 1. The van der Waals surface area contributed by atoms with Gasteiger partial charge in [-0.1, -0.05) is 54.6 Å². The van der Waals surface area contributed by atoms with Gasteiger partial charge in [-0.15, -0.1) is 0 Å². The van der Waals surface area contributed by atoms with Crippen LogP contribution in [0.2, 0.25) is 0 Å². The van der Waals surface area contributed by atoms with E-state index in [-0.39, 0.29) is 0 Å². The van der Waals surface area contributed by atoms with Gasteiger partial charge in [0.25, 0.3) is 0 Å². The Balaban J connectivity index is 1.75. The summed E-state index contributed by atoms with van der Waals surface area (Å²) in [5.74, 6) is 0. The maximum atomic E-state index is 3.69. The Morgan fingerprint density at radius 2 is 1.70 bits per heavy atom. The highest BCUT2D eigenvalue weighted by Gasteiger charge is 2.16. The molecule has 2 heteroatoms. The standard InChI is InChI=1S/C18H22N2/c1-2-6-15(7-3-1)10-11-18-17-9-5-4-8-16(17)14-19-12-13-20-18/h1-9,18-20H,10-14H2. The molecule has 2 nitrogen and oxygen atoms in total. The minimum Gasteiger partial charge on any atom is -0.311 e. The van der Waals surface area contributed by atoms with Crippen molar-refractivity contribution in [3.8, 4) is 0 Å². The smallest absolute Gasteiger partial charge is 0.0327 e. The molecule has 0 radical (unpaired) electrons. The second-order valence-electron chi connectivity index (χ2n) is 5.41. The van der Waals surface area contributed by atoms with E-state index < -0.39 is 0 Å². The van der Waals surface area contributed by atoms with Crippen molar-refractivity contribution in [1.29, 1.82) is 0 Å². The van der Waals surface area contributed by atoms with Crippen LogP contribution in [0.5, 0.6) is 0 Å². The van der Waals surface area contributed by atoms with E-state index in [0.717, 1.165) is 32.5 Å². The highest BCUT2D eigenvalue weighted by Crippen LogP contribution is 2.23. The van der Waals surface area contributed by atoms with Gasteiger partial charge in [-0.2, -0.15) is 0 Å². The van der Waals surface area contributed by atoms with E-state index in [1.807, 2.05) is 0 Å². The van der Waals surface area contributed by atoms with Gasteiger partial charge in [0.2, 0.25) is 0 Å². The molecule has 2 aromatic rings. The molecule has 1 unspecified atom stereocenters. The van der Waals surface area contributed by atoms with Gasteiger partial charge >= 0.3 is 0 Å². The predicted molar refractivity (Wildman–Crippen MR) is 83.7 cm³/mol. The molecule has 0 aliphatic carbocycles. The third kappa shape index (κ3) is 3.27. The molecule has 0 fully saturated rings. The van der Waals surface area contributed by atoms with Crippen LogP contribution in [0.4, 0.5) is 0 Å². The molecule has 1 aliphatic rings. The van der Waals surface area contributed by atoms with Gasteiger partial charge in [0.1, 0.15) is 0 Å². The quantitative estimate of drug-likeness (QED) is 0.892. The van der Waals surface area contributed by atoms with E-state index in [1.54, 1.807) is 0 Å². The first-order valence-electron chi connectivity index (χ1n) is 7.49. The first kappa shape index (κ1) is 13.3. The highest BCUT2D eigenvalue weighted by atomic mass is 15.0. The van der Waals surface area contributed by atoms with Crippen LogP contribution >= 0.6 is 0 Å². The minimum absolute atomic E-state index is 0.466. The molecule has 1 aliphatic heterocycles. The second kappa shape index (κ2) is 6.69. The number of rotatable bonds is 3. The molecule has 20 heavy (non-hydrogen) atoms. The molecule has 0 saturated carbocycles. The van der Waals surface area contributed by atoms with Crippen LogP contribution in [-0.2, 0) is 13.0 Å². The van der Waals surface area contributed by atoms with Gasteiger partial charge in [-0.05, 0) is 29.5 Å². The Morgan fingerprint density at radius 1 is 0.900 bits per heavy atom. The lowest BCUT2D eigenvalue weighted by molar-refractivity contribution is 0.469. The number of benzene rings is 2. The first-order valence-corrected chi connectivity index (χ1v) is 7.49. The van der Waals surface area contributed by atoms with Gasteiger partial charge in [0.15, 0.2) is 0 Å². The normalized spacial score (nSPS) is 18.9. The fourth-order valence-electron chi connectivity index (χ4n) is 2.92. The van der Waals surface area contributed by atoms with Crippen molar-refractivity contribution >= 4 is 0 Å².